The average Bonchev–Trinajstić information content (AvgIpc) is 2.28. The lowest BCUT2D eigenvalue weighted by Gasteiger charge is -2.15. The van der Waals surface area contributed by atoms with Gasteiger partial charge in [0.15, 0.2) is 0 Å². The second-order valence-electron chi connectivity index (χ2n) is 3.69. The fourth-order valence-corrected chi connectivity index (χ4v) is 1.42. The molecule has 0 saturated carbocycles. The topological polar surface area (TPSA) is 78.6 Å². The number of esters is 1. The number of ether oxygens (including phenoxy) is 2. The molecule has 0 heterocycles. The minimum absolute atomic E-state index is 0.00872. The molecule has 1 unspecified atom stereocenters. The van der Waals surface area contributed by atoms with Crippen LogP contribution in [0.1, 0.15) is 23.7 Å². The monoisotopic (exact) mass is 255 g/mol. The molecule has 1 amide bonds. The highest BCUT2D eigenvalue weighted by Crippen LogP contribution is 2.22. The molecule has 0 saturated heterocycles. The molecule has 5 nitrogen and oxygen atoms in total. The van der Waals surface area contributed by atoms with Crippen LogP contribution in [0.2, 0.25) is 0 Å². The fraction of sp³-hybridized carbons (Fsp3) is 0.333. The summed E-state index contributed by atoms with van der Waals surface area (Å²) in [5.41, 5.74) is 4.74. The van der Waals surface area contributed by atoms with Crippen molar-refractivity contribution in [3.63, 3.8) is 0 Å². The van der Waals surface area contributed by atoms with Gasteiger partial charge in [0.25, 0.3) is 5.91 Å². The van der Waals surface area contributed by atoms with E-state index in [1.165, 1.54) is 19.2 Å². The number of benzene rings is 1. The van der Waals surface area contributed by atoms with Gasteiger partial charge in [0.05, 0.1) is 13.5 Å². The number of primary amides is 1. The number of carbonyl (C=O) groups excluding carboxylic acids is 2. The van der Waals surface area contributed by atoms with Crippen molar-refractivity contribution in [2.45, 2.75) is 19.4 Å². The van der Waals surface area contributed by atoms with Gasteiger partial charge in [0.2, 0.25) is 0 Å². The Bertz CT molecular complexity index is 461. The van der Waals surface area contributed by atoms with Gasteiger partial charge in [0.1, 0.15) is 23.2 Å². The largest absolute Gasteiger partial charge is 0.489 e. The number of amides is 1. The van der Waals surface area contributed by atoms with Crippen molar-refractivity contribution in [1.82, 2.24) is 0 Å². The first kappa shape index (κ1) is 14.0. The molecule has 0 aliphatic rings. The zero-order valence-electron chi connectivity index (χ0n) is 10.1. The zero-order chi connectivity index (χ0) is 13.7. The molecule has 1 atom stereocenters. The number of carbonyl (C=O) groups is 2. The molecule has 18 heavy (non-hydrogen) atoms. The molecule has 0 radical (unpaired) electrons. The van der Waals surface area contributed by atoms with Gasteiger partial charge in [0, 0.05) is 0 Å². The first-order chi connectivity index (χ1) is 8.45. The Morgan fingerprint density at radius 3 is 2.67 bits per heavy atom. The van der Waals surface area contributed by atoms with Crippen LogP contribution in [0.5, 0.6) is 5.75 Å². The maximum Gasteiger partial charge on any atom is 0.309 e. The second kappa shape index (κ2) is 6.00. The van der Waals surface area contributed by atoms with E-state index in [0.717, 1.165) is 6.07 Å². The van der Waals surface area contributed by atoms with Gasteiger partial charge >= 0.3 is 5.97 Å². The minimum Gasteiger partial charge on any atom is -0.489 e. The van der Waals surface area contributed by atoms with Gasteiger partial charge in [-0.25, -0.2) is 4.39 Å². The van der Waals surface area contributed by atoms with Crippen molar-refractivity contribution in [3.8, 4) is 5.75 Å². The lowest BCUT2D eigenvalue weighted by atomic mass is 10.1. The van der Waals surface area contributed by atoms with Crippen molar-refractivity contribution in [2.75, 3.05) is 7.11 Å². The highest BCUT2D eigenvalue weighted by atomic mass is 19.1. The number of rotatable bonds is 5. The van der Waals surface area contributed by atoms with Crippen LogP contribution in [-0.4, -0.2) is 25.1 Å². The number of methoxy groups -OCH3 is 1. The Morgan fingerprint density at radius 2 is 2.11 bits per heavy atom. The Kier molecular flexibility index (Phi) is 4.65. The molecule has 98 valence electrons. The molecule has 6 heteroatoms. The Balaban J connectivity index is 2.87. The van der Waals surface area contributed by atoms with Crippen molar-refractivity contribution in [1.29, 1.82) is 0 Å². The van der Waals surface area contributed by atoms with Crippen molar-refractivity contribution >= 4 is 11.9 Å². The Labute approximate surface area is 104 Å². The summed E-state index contributed by atoms with van der Waals surface area (Å²) in [6.07, 6.45) is -0.567. The third kappa shape index (κ3) is 3.44. The van der Waals surface area contributed by atoms with E-state index in [2.05, 4.69) is 4.74 Å². The van der Waals surface area contributed by atoms with E-state index in [1.54, 1.807) is 6.92 Å². The third-order valence-electron chi connectivity index (χ3n) is 2.23. The summed E-state index contributed by atoms with van der Waals surface area (Å²) < 4.78 is 23.2. The summed E-state index contributed by atoms with van der Waals surface area (Å²) in [6, 6.07) is 3.91. The molecular formula is C12H14FNO4. The molecule has 0 fully saturated rings. The van der Waals surface area contributed by atoms with E-state index in [4.69, 9.17) is 10.5 Å². The SMILES string of the molecule is COC(=O)CC(C)Oc1cccc(F)c1C(N)=O. The number of nitrogens with two attached hydrogens (primary N) is 1. The molecule has 0 spiro atoms. The van der Waals surface area contributed by atoms with Crippen LogP contribution in [0.15, 0.2) is 18.2 Å². The van der Waals surface area contributed by atoms with Crippen molar-refractivity contribution in [2.24, 2.45) is 5.73 Å². The lowest BCUT2D eigenvalue weighted by molar-refractivity contribution is -0.142. The van der Waals surface area contributed by atoms with Crippen LogP contribution >= 0.6 is 0 Å². The van der Waals surface area contributed by atoms with Gasteiger partial charge in [-0.2, -0.15) is 0 Å². The van der Waals surface area contributed by atoms with Crippen LogP contribution in [0.25, 0.3) is 0 Å². The van der Waals surface area contributed by atoms with Crippen LogP contribution in [0, 0.1) is 5.82 Å². The average molecular weight is 255 g/mol. The molecule has 1 aromatic rings. The predicted octanol–water partition coefficient (Wildman–Crippen LogP) is 1.25. The quantitative estimate of drug-likeness (QED) is 0.803. The molecule has 1 rings (SSSR count). The van der Waals surface area contributed by atoms with E-state index in [0.29, 0.717) is 0 Å². The van der Waals surface area contributed by atoms with Gasteiger partial charge in [-0.15, -0.1) is 0 Å². The number of hydrogen-bond acceptors (Lipinski definition) is 4. The molecule has 1 aromatic carbocycles. The summed E-state index contributed by atoms with van der Waals surface area (Å²) in [6.45, 7) is 1.60. The van der Waals surface area contributed by atoms with Gasteiger partial charge in [-0.05, 0) is 19.1 Å². The van der Waals surface area contributed by atoms with Crippen LogP contribution in [-0.2, 0) is 9.53 Å². The number of halogens is 1. The van der Waals surface area contributed by atoms with E-state index in [-0.39, 0.29) is 17.7 Å². The molecule has 2 N–H and O–H groups in total. The van der Waals surface area contributed by atoms with Crippen LogP contribution in [0.3, 0.4) is 0 Å². The van der Waals surface area contributed by atoms with Crippen LogP contribution in [0.4, 0.5) is 4.39 Å². The van der Waals surface area contributed by atoms with E-state index < -0.39 is 23.8 Å². The van der Waals surface area contributed by atoms with E-state index in [1.807, 2.05) is 0 Å². The first-order valence-electron chi connectivity index (χ1n) is 5.27. The molecular weight excluding hydrogens is 241 g/mol. The normalized spacial score (nSPS) is 11.7. The summed E-state index contributed by atoms with van der Waals surface area (Å²) >= 11 is 0. The molecule has 0 bridgehead atoms. The van der Waals surface area contributed by atoms with Crippen molar-refractivity contribution in [3.05, 3.63) is 29.6 Å². The second-order valence-corrected chi connectivity index (χ2v) is 3.69. The smallest absolute Gasteiger partial charge is 0.309 e. The Morgan fingerprint density at radius 1 is 1.44 bits per heavy atom. The third-order valence-corrected chi connectivity index (χ3v) is 2.23. The highest BCUT2D eigenvalue weighted by Gasteiger charge is 2.18. The standard InChI is InChI=1S/C12H14FNO4/c1-7(6-10(15)17-2)18-9-5-3-4-8(13)11(9)12(14)16/h3-5,7H,6H2,1-2H3,(H2,14,16). The molecule has 0 aliphatic heterocycles. The summed E-state index contributed by atoms with van der Waals surface area (Å²) in [7, 11) is 1.26. The maximum absolute atomic E-state index is 13.4. The van der Waals surface area contributed by atoms with Crippen molar-refractivity contribution < 1.29 is 23.5 Å². The summed E-state index contributed by atoms with van der Waals surface area (Å²) in [5.74, 6) is -2.13. The van der Waals surface area contributed by atoms with Gasteiger partial charge in [-0.3, -0.25) is 9.59 Å². The van der Waals surface area contributed by atoms with Gasteiger partial charge in [-0.1, -0.05) is 6.07 Å². The van der Waals surface area contributed by atoms with Crippen LogP contribution < -0.4 is 10.5 Å². The fourth-order valence-electron chi connectivity index (χ4n) is 1.42. The first-order valence-corrected chi connectivity index (χ1v) is 5.27. The molecule has 0 aliphatic carbocycles. The van der Waals surface area contributed by atoms with E-state index in [9.17, 15) is 14.0 Å². The lowest BCUT2D eigenvalue weighted by Crippen LogP contribution is -2.21. The molecule has 0 aromatic heterocycles. The number of hydrogen-bond donors (Lipinski definition) is 1. The Hall–Kier alpha value is -2.11. The van der Waals surface area contributed by atoms with E-state index >= 15 is 0 Å². The highest BCUT2D eigenvalue weighted by molar-refractivity contribution is 5.95. The summed E-state index contributed by atoms with van der Waals surface area (Å²) in [5, 5.41) is 0. The predicted molar refractivity (Wildman–Crippen MR) is 61.6 cm³/mol. The zero-order valence-corrected chi connectivity index (χ0v) is 10.1. The summed E-state index contributed by atoms with van der Waals surface area (Å²) in [4.78, 5) is 22.1. The maximum atomic E-state index is 13.4. The van der Waals surface area contributed by atoms with Gasteiger partial charge < -0.3 is 15.2 Å². The minimum atomic E-state index is -0.923.